The molecule has 1 aromatic carbocycles. The summed E-state index contributed by atoms with van der Waals surface area (Å²) in [5.41, 5.74) is 0.0497. The van der Waals surface area contributed by atoms with E-state index in [2.05, 4.69) is 4.90 Å². The van der Waals surface area contributed by atoms with E-state index < -0.39 is 23.6 Å². The van der Waals surface area contributed by atoms with Gasteiger partial charge in [0.05, 0.1) is 13.2 Å². The highest BCUT2D eigenvalue weighted by molar-refractivity contribution is 5.97. The van der Waals surface area contributed by atoms with Gasteiger partial charge in [-0.1, -0.05) is 6.92 Å². The van der Waals surface area contributed by atoms with Crippen LogP contribution in [0, 0.1) is 11.6 Å². The van der Waals surface area contributed by atoms with Crippen LogP contribution >= 0.6 is 0 Å². The van der Waals surface area contributed by atoms with E-state index in [1.165, 1.54) is 11.0 Å². The zero-order chi connectivity index (χ0) is 18.7. The molecule has 1 unspecified atom stereocenters. The second-order valence-corrected chi connectivity index (χ2v) is 6.47. The van der Waals surface area contributed by atoms with Gasteiger partial charge in [-0.25, -0.2) is 8.78 Å². The highest BCUT2D eigenvalue weighted by Gasteiger charge is 2.38. The largest absolute Gasteiger partial charge is 0.378 e. The van der Waals surface area contributed by atoms with Crippen molar-refractivity contribution in [2.75, 3.05) is 52.5 Å². The van der Waals surface area contributed by atoms with E-state index in [-0.39, 0.29) is 11.5 Å². The van der Waals surface area contributed by atoms with Gasteiger partial charge in [-0.3, -0.25) is 14.5 Å². The van der Waals surface area contributed by atoms with E-state index in [1.807, 2.05) is 6.92 Å². The molecule has 2 heterocycles. The van der Waals surface area contributed by atoms with Crippen molar-refractivity contribution in [3.05, 3.63) is 35.4 Å². The Morgan fingerprint density at radius 1 is 1.12 bits per heavy atom. The van der Waals surface area contributed by atoms with Crippen LogP contribution in [-0.2, 0) is 9.53 Å². The van der Waals surface area contributed by atoms with Gasteiger partial charge < -0.3 is 14.5 Å². The minimum atomic E-state index is -1.07. The summed E-state index contributed by atoms with van der Waals surface area (Å²) in [6.07, 6.45) is 0. The molecule has 0 aromatic heterocycles. The number of carbonyl (C=O) groups is 2. The Balaban J connectivity index is 1.83. The molecular weight excluding hydrogens is 344 g/mol. The number of amides is 2. The van der Waals surface area contributed by atoms with Crippen LogP contribution in [0.15, 0.2) is 18.2 Å². The zero-order valence-corrected chi connectivity index (χ0v) is 14.8. The lowest BCUT2D eigenvalue weighted by Crippen LogP contribution is -2.62. The molecule has 0 bridgehead atoms. The van der Waals surface area contributed by atoms with Gasteiger partial charge in [0.2, 0.25) is 5.91 Å². The fraction of sp³-hybridized carbons (Fsp3) is 0.556. The molecule has 2 saturated heterocycles. The molecule has 8 heteroatoms. The van der Waals surface area contributed by atoms with Crippen molar-refractivity contribution in [1.82, 2.24) is 14.7 Å². The first-order valence-corrected chi connectivity index (χ1v) is 8.86. The van der Waals surface area contributed by atoms with Crippen LogP contribution in [0.3, 0.4) is 0 Å². The molecule has 26 heavy (non-hydrogen) atoms. The molecule has 142 valence electrons. The topological polar surface area (TPSA) is 53.1 Å². The van der Waals surface area contributed by atoms with E-state index in [1.54, 1.807) is 4.90 Å². The molecule has 6 nitrogen and oxygen atoms in total. The molecule has 0 saturated carbocycles. The molecule has 2 amide bonds. The summed E-state index contributed by atoms with van der Waals surface area (Å²) in [5.74, 6) is -2.65. The quantitative estimate of drug-likeness (QED) is 0.799. The summed E-state index contributed by atoms with van der Waals surface area (Å²) < 4.78 is 32.0. The number of hydrogen-bond acceptors (Lipinski definition) is 4. The smallest absolute Gasteiger partial charge is 0.254 e. The molecule has 2 fully saturated rings. The van der Waals surface area contributed by atoms with Gasteiger partial charge in [0.1, 0.15) is 6.04 Å². The number of halogens is 2. The zero-order valence-electron chi connectivity index (χ0n) is 14.8. The molecule has 0 radical (unpaired) electrons. The fourth-order valence-corrected chi connectivity index (χ4v) is 3.37. The molecule has 2 aliphatic rings. The summed E-state index contributed by atoms with van der Waals surface area (Å²) in [4.78, 5) is 31.2. The number of morpholine rings is 1. The Bertz CT molecular complexity index is 680. The Labute approximate surface area is 151 Å². The average Bonchev–Trinajstić information content (AvgIpc) is 2.69. The van der Waals surface area contributed by atoms with E-state index in [0.717, 1.165) is 18.7 Å². The molecule has 0 spiro atoms. The first kappa shape index (κ1) is 18.7. The summed E-state index contributed by atoms with van der Waals surface area (Å²) in [6, 6.07) is 2.44. The minimum absolute atomic E-state index is 0.0497. The number of benzene rings is 1. The molecule has 3 rings (SSSR count). The first-order chi connectivity index (χ1) is 12.5. The SMILES string of the molecule is CCN1CCN(C(=O)c2ccc(F)c(F)c2)C(C(=O)N2CCOCC2)C1. The van der Waals surface area contributed by atoms with Gasteiger partial charge >= 0.3 is 0 Å². The Morgan fingerprint density at radius 3 is 2.50 bits per heavy atom. The van der Waals surface area contributed by atoms with Crippen molar-refractivity contribution in [2.24, 2.45) is 0 Å². The van der Waals surface area contributed by atoms with Gasteiger partial charge in [0.15, 0.2) is 11.6 Å². The van der Waals surface area contributed by atoms with E-state index in [4.69, 9.17) is 4.74 Å². The van der Waals surface area contributed by atoms with Gasteiger partial charge in [0, 0.05) is 38.3 Å². The Kier molecular flexibility index (Phi) is 5.83. The predicted octanol–water partition coefficient (Wildman–Crippen LogP) is 0.970. The minimum Gasteiger partial charge on any atom is -0.378 e. The van der Waals surface area contributed by atoms with Crippen LogP contribution in [0.4, 0.5) is 8.78 Å². The number of hydrogen-bond donors (Lipinski definition) is 0. The molecule has 0 N–H and O–H groups in total. The van der Waals surface area contributed by atoms with E-state index in [0.29, 0.717) is 45.9 Å². The highest BCUT2D eigenvalue weighted by Crippen LogP contribution is 2.18. The number of likely N-dealkylation sites (N-methyl/N-ethyl adjacent to an activating group) is 1. The lowest BCUT2D eigenvalue weighted by atomic mass is 10.1. The van der Waals surface area contributed by atoms with Crippen LogP contribution in [0.2, 0.25) is 0 Å². The van der Waals surface area contributed by atoms with Gasteiger partial charge in [-0.15, -0.1) is 0 Å². The van der Waals surface area contributed by atoms with Gasteiger partial charge in [-0.2, -0.15) is 0 Å². The van der Waals surface area contributed by atoms with Gasteiger partial charge in [-0.05, 0) is 24.7 Å². The Hall–Kier alpha value is -2.06. The lowest BCUT2D eigenvalue weighted by Gasteiger charge is -2.42. The van der Waals surface area contributed by atoms with Crippen LogP contribution < -0.4 is 0 Å². The van der Waals surface area contributed by atoms with E-state index in [9.17, 15) is 18.4 Å². The number of ether oxygens (including phenoxy) is 1. The molecule has 0 aliphatic carbocycles. The monoisotopic (exact) mass is 367 g/mol. The summed E-state index contributed by atoms with van der Waals surface area (Å²) >= 11 is 0. The average molecular weight is 367 g/mol. The van der Waals surface area contributed by atoms with Crippen LogP contribution in [-0.4, -0.2) is 85.0 Å². The van der Waals surface area contributed by atoms with Crippen molar-refractivity contribution in [3.8, 4) is 0 Å². The number of rotatable bonds is 3. The maximum absolute atomic E-state index is 13.5. The highest BCUT2D eigenvalue weighted by atomic mass is 19.2. The maximum Gasteiger partial charge on any atom is 0.254 e. The third-order valence-corrected chi connectivity index (χ3v) is 4.95. The van der Waals surface area contributed by atoms with Gasteiger partial charge in [0.25, 0.3) is 5.91 Å². The number of nitrogens with zero attached hydrogens (tertiary/aromatic N) is 3. The third kappa shape index (κ3) is 3.86. The molecule has 1 atom stereocenters. The summed E-state index contributed by atoms with van der Waals surface area (Å²) in [6.45, 7) is 6.17. The number of carbonyl (C=O) groups excluding carboxylic acids is 2. The van der Waals surface area contributed by atoms with Crippen molar-refractivity contribution >= 4 is 11.8 Å². The van der Waals surface area contributed by atoms with Crippen molar-refractivity contribution in [3.63, 3.8) is 0 Å². The standard InChI is InChI=1S/C18H23F2N3O3/c1-2-21-5-6-23(17(24)13-3-4-14(19)15(20)11-13)16(12-21)18(25)22-7-9-26-10-8-22/h3-4,11,16H,2,5-10,12H2,1H3. The Morgan fingerprint density at radius 2 is 1.85 bits per heavy atom. The van der Waals surface area contributed by atoms with Crippen molar-refractivity contribution in [1.29, 1.82) is 0 Å². The number of piperazine rings is 1. The third-order valence-electron chi connectivity index (χ3n) is 4.95. The molecule has 1 aromatic rings. The van der Waals surface area contributed by atoms with Crippen LogP contribution in [0.1, 0.15) is 17.3 Å². The summed E-state index contributed by atoms with van der Waals surface area (Å²) in [5, 5.41) is 0. The second kappa shape index (κ2) is 8.09. The predicted molar refractivity (Wildman–Crippen MR) is 90.7 cm³/mol. The van der Waals surface area contributed by atoms with Crippen LogP contribution in [0.25, 0.3) is 0 Å². The molecule has 2 aliphatic heterocycles. The maximum atomic E-state index is 13.5. The van der Waals surface area contributed by atoms with E-state index >= 15 is 0 Å². The molecular formula is C18H23F2N3O3. The lowest BCUT2D eigenvalue weighted by molar-refractivity contribution is -0.142. The second-order valence-electron chi connectivity index (χ2n) is 6.47. The van der Waals surface area contributed by atoms with Crippen molar-refractivity contribution < 1.29 is 23.1 Å². The van der Waals surface area contributed by atoms with Crippen molar-refractivity contribution in [2.45, 2.75) is 13.0 Å². The normalized spacial score (nSPS) is 21.7. The summed E-state index contributed by atoms with van der Waals surface area (Å²) in [7, 11) is 0. The fourth-order valence-electron chi connectivity index (χ4n) is 3.37. The van der Waals surface area contributed by atoms with Crippen LogP contribution in [0.5, 0.6) is 0 Å². The first-order valence-electron chi connectivity index (χ1n) is 8.86.